The molecule has 0 aliphatic carbocycles. The summed E-state index contributed by atoms with van der Waals surface area (Å²) in [7, 11) is 0. The van der Waals surface area contributed by atoms with Gasteiger partial charge in [0.2, 0.25) is 0 Å². The van der Waals surface area contributed by atoms with Gasteiger partial charge in [-0.3, -0.25) is 14.5 Å². The van der Waals surface area contributed by atoms with Crippen LogP contribution in [0.1, 0.15) is 40.0 Å². The molecule has 7 heteroatoms. The lowest BCUT2D eigenvalue weighted by Crippen LogP contribution is -2.41. The van der Waals surface area contributed by atoms with Gasteiger partial charge >= 0.3 is 6.03 Å². The van der Waals surface area contributed by atoms with Gasteiger partial charge < -0.3 is 14.3 Å². The number of urea groups is 1. The summed E-state index contributed by atoms with van der Waals surface area (Å²) in [5.41, 5.74) is 2.91. The summed E-state index contributed by atoms with van der Waals surface area (Å²) in [5.74, 6) is -0.481. The molecule has 154 valence electrons. The molecule has 1 aliphatic rings. The highest BCUT2D eigenvalue weighted by Crippen LogP contribution is 2.30. The highest BCUT2D eigenvalue weighted by Gasteiger charge is 2.51. The minimum Gasteiger partial charge on any atom is -0.466 e. The van der Waals surface area contributed by atoms with Crippen LogP contribution in [0, 0.1) is 20.8 Å². The van der Waals surface area contributed by atoms with Crippen LogP contribution >= 0.6 is 0 Å². The van der Waals surface area contributed by atoms with Gasteiger partial charge in [-0.25, -0.2) is 4.79 Å². The summed E-state index contributed by atoms with van der Waals surface area (Å²) in [6.45, 7) is 7.03. The normalized spacial score (nSPS) is 18.7. The van der Waals surface area contributed by atoms with E-state index >= 15 is 0 Å². The van der Waals surface area contributed by atoms with Crippen molar-refractivity contribution in [2.24, 2.45) is 0 Å². The number of carbonyl (C=O) groups excluding carboxylic acids is 3. The molecule has 3 aromatic rings. The molecule has 0 spiro atoms. The molecule has 3 amide bonds. The summed E-state index contributed by atoms with van der Waals surface area (Å²) in [6, 6.07) is 12.5. The Morgan fingerprint density at radius 3 is 2.53 bits per heavy atom. The van der Waals surface area contributed by atoms with E-state index in [0.29, 0.717) is 11.3 Å². The zero-order valence-electron chi connectivity index (χ0n) is 17.4. The Bertz CT molecular complexity index is 1160. The molecule has 4 rings (SSSR count). The number of amides is 3. The predicted octanol–water partition coefficient (Wildman–Crippen LogP) is 3.65. The Morgan fingerprint density at radius 1 is 1.10 bits per heavy atom. The van der Waals surface area contributed by atoms with Crippen LogP contribution < -0.4 is 5.32 Å². The van der Waals surface area contributed by atoms with E-state index in [1.54, 1.807) is 25.1 Å². The number of Topliss-reactive ketones (excluding diaryl/α,β-unsaturated/α-hetero) is 1. The lowest BCUT2D eigenvalue weighted by molar-refractivity contribution is -0.131. The van der Waals surface area contributed by atoms with Gasteiger partial charge in [-0.2, -0.15) is 0 Å². The van der Waals surface area contributed by atoms with E-state index in [9.17, 15) is 14.4 Å². The topological polar surface area (TPSA) is 84.6 Å². The largest absolute Gasteiger partial charge is 0.466 e. The van der Waals surface area contributed by atoms with E-state index in [2.05, 4.69) is 5.32 Å². The number of rotatable bonds is 5. The highest BCUT2D eigenvalue weighted by atomic mass is 16.3. The molecule has 7 nitrogen and oxygen atoms in total. The van der Waals surface area contributed by atoms with Crippen molar-refractivity contribution in [3.8, 4) is 5.69 Å². The first kappa shape index (κ1) is 19.7. The third kappa shape index (κ3) is 3.03. The van der Waals surface area contributed by atoms with Crippen molar-refractivity contribution in [3.05, 3.63) is 77.0 Å². The molecule has 1 aromatic carbocycles. The fourth-order valence-electron chi connectivity index (χ4n) is 4.01. The molecule has 0 bridgehead atoms. The second-order valence-corrected chi connectivity index (χ2v) is 7.81. The summed E-state index contributed by atoms with van der Waals surface area (Å²) in [4.78, 5) is 39.4. The number of aryl methyl sites for hydroxylation is 2. The van der Waals surface area contributed by atoms with E-state index in [1.807, 2.05) is 49.6 Å². The van der Waals surface area contributed by atoms with Gasteiger partial charge in [0.1, 0.15) is 5.76 Å². The zero-order chi connectivity index (χ0) is 21.6. The number of carbonyl (C=O) groups is 3. The monoisotopic (exact) mass is 405 g/mol. The number of nitrogens with zero attached hydrogens (tertiary/aromatic N) is 2. The molecule has 1 unspecified atom stereocenters. The molecule has 2 aromatic heterocycles. The van der Waals surface area contributed by atoms with Gasteiger partial charge in [0.05, 0.1) is 12.8 Å². The first-order valence-corrected chi connectivity index (χ1v) is 9.69. The van der Waals surface area contributed by atoms with Gasteiger partial charge in [0, 0.05) is 22.6 Å². The molecule has 1 fully saturated rings. The summed E-state index contributed by atoms with van der Waals surface area (Å²) in [6.07, 6.45) is 1.44. The van der Waals surface area contributed by atoms with E-state index < -0.39 is 17.5 Å². The molecule has 0 radical (unpaired) electrons. The number of hydrogen-bond acceptors (Lipinski definition) is 4. The number of benzene rings is 1. The lowest BCUT2D eigenvalue weighted by atomic mass is 9.99. The molecular formula is C23H23N3O4. The number of ketones is 1. The second-order valence-electron chi connectivity index (χ2n) is 7.81. The molecule has 1 N–H and O–H groups in total. The Kier molecular flexibility index (Phi) is 4.61. The molecular weight excluding hydrogens is 382 g/mol. The van der Waals surface area contributed by atoms with Gasteiger partial charge in [0.25, 0.3) is 5.91 Å². The Balaban J connectivity index is 1.62. The smallest absolute Gasteiger partial charge is 0.325 e. The number of nitrogens with one attached hydrogen (secondary N) is 1. The maximum atomic E-state index is 13.1. The van der Waals surface area contributed by atoms with Crippen molar-refractivity contribution < 1.29 is 18.8 Å². The number of imide groups is 1. The number of furan rings is 1. The first-order chi connectivity index (χ1) is 14.2. The molecule has 30 heavy (non-hydrogen) atoms. The van der Waals surface area contributed by atoms with Crippen LogP contribution in [0.25, 0.3) is 5.69 Å². The fourth-order valence-corrected chi connectivity index (χ4v) is 4.01. The van der Waals surface area contributed by atoms with Crippen molar-refractivity contribution in [1.29, 1.82) is 0 Å². The highest BCUT2D eigenvalue weighted by molar-refractivity contribution is 6.11. The average Bonchev–Trinajstić information content (AvgIpc) is 3.38. The zero-order valence-corrected chi connectivity index (χ0v) is 17.4. The predicted molar refractivity (Wildman–Crippen MR) is 111 cm³/mol. The lowest BCUT2D eigenvalue weighted by Gasteiger charge is -2.18. The summed E-state index contributed by atoms with van der Waals surface area (Å²) < 4.78 is 7.32. The minimum atomic E-state index is -1.32. The molecule has 1 saturated heterocycles. The van der Waals surface area contributed by atoms with Gasteiger partial charge in [-0.1, -0.05) is 12.1 Å². The van der Waals surface area contributed by atoms with Crippen LogP contribution in [0.15, 0.2) is 53.1 Å². The van der Waals surface area contributed by atoms with Crippen molar-refractivity contribution in [3.63, 3.8) is 0 Å². The second kappa shape index (κ2) is 7.02. The van der Waals surface area contributed by atoms with Crippen LogP contribution in [0.5, 0.6) is 0 Å². The van der Waals surface area contributed by atoms with Crippen LogP contribution in [0.2, 0.25) is 0 Å². The van der Waals surface area contributed by atoms with E-state index in [4.69, 9.17) is 4.42 Å². The molecule has 1 atom stereocenters. The fraction of sp³-hybridized carbons (Fsp3) is 0.261. The average molecular weight is 405 g/mol. The Hall–Kier alpha value is -3.61. The first-order valence-electron chi connectivity index (χ1n) is 9.69. The SMILES string of the molecule is Cc1cccc(-n2c(C)cc(C(=O)CN3C(=O)NC(C)(c4ccco4)C3=O)c2C)c1. The minimum absolute atomic E-state index is 0.297. The number of aromatic nitrogens is 1. The van der Waals surface area contributed by atoms with Crippen LogP contribution in [-0.4, -0.2) is 33.7 Å². The van der Waals surface area contributed by atoms with Crippen molar-refractivity contribution in [1.82, 2.24) is 14.8 Å². The third-order valence-corrected chi connectivity index (χ3v) is 5.58. The van der Waals surface area contributed by atoms with Crippen molar-refractivity contribution in [2.75, 3.05) is 6.54 Å². The van der Waals surface area contributed by atoms with Crippen LogP contribution in [-0.2, 0) is 10.3 Å². The molecule has 0 saturated carbocycles. The maximum Gasteiger partial charge on any atom is 0.325 e. The van der Waals surface area contributed by atoms with Crippen LogP contribution in [0.4, 0.5) is 4.79 Å². The molecule has 1 aliphatic heterocycles. The number of hydrogen-bond donors (Lipinski definition) is 1. The van der Waals surface area contributed by atoms with E-state index in [-0.39, 0.29) is 12.3 Å². The van der Waals surface area contributed by atoms with E-state index in [0.717, 1.165) is 27.5 Å². The summed E-state index contributed by atoms with van der Waals surface area (Å²) >= 11 is 0. The Labute approximate surface area is 174 Å². The third-order valence-electron chi connectivity index (χ3n) is 5.58. The molecule has 3 heterocycles. The Morgan fingerprint density at radius 2 is 1.87 bits per heavy atom. The quantitative estimate of drug-likeness (QED) is 0.519. The maximum absolute atomic E-state index is 13.1. The van der Waals surface area contributed by atoms with Gasteiger partial charge in [0.15, 0.2) is 11.3 Å². The standard InChI is InChI=1S/C23H23N3O4/c1-14-7-5-8-17(11-14)26-15(2)12-18(16(26)3)19(27)13-25-21(28)23(4,24-22(25)29)20-9-6-10-30-20/h5-12H,13H2,1-4H3,(H,24,29). The van der Waals surface area contributed by atoms with Crippen molar-refractivity contribution >= 4 is 17.7 Å². The summed E-state index contributed by atoms with van der Waals surface area (Å²) in [5, 5.41) is 2.64. The van der Waals surface area contributed by atoms with Crippen LogP contribution in [0.3, 0.4) is 0 Å². The van der Waals surface area contributed by atoms with Crippen molar-refractivity contribution in [2.45, 2.75) is 33.2 Å². The van der Waals surface area contributed by atoms with Gasteiger partial charge in [-0.05, 0) is 63.6 Å². The van der Waals surface area contributed by atoms with Gasteiger partial charge in [-0.15, -0.1) is 0 Å². The van der Waals surface area contributed by atoms with E-state index in [1.165, 1.54) is 6.26 Å².